The van der Waals surface area contributed by atoms with Gasteiger partial charge in [0.2, 0.25) is 5.43 Å². The Morgan fingerprint density at radius 3 is 2.67 bits per heavy atom. The van der Waals surface area contributed by atoms with E-state index in [4.69, 9.17) is 7.85 Å². The van der Waals surface area contributed by atoms with Gasteiger partial charge in [-0.2, -0.15) is 0 Å². The lowest BCUT2D eigenvalue weighted by Crippen LogP contribution is -2.70. The Morgan fingerprint density at radius 1 is 1.08 bits per heavy atom. The lowest BCUT2D eigenvalue weighted by atomic mass is 9.65. The number of hydrogen-bond donors (Lipinski definition) is 1. The number of fused-ring (bicyclic) bond motifs is 4. The Bertz CT molecular complexity index is 1480. The highest BCUT2D eigenvalue weighted by molar-refractivity contribution is 7.98. The van der Waals surface area contributed by atoms with Gasteiger partial charge in [-0.25, -0.2) is 8.78 Å². The summed E-state index contributed by atoms with van der Waals surface area (Å²) in [7, 11) is 7.37. The Hall–Kier alpha value is -3.27. The lowest BCUT2D eigenvalue weighted by molar-refractivity contribution is 0.0364. The molecule has 4 heterocycles. The molecule has 3 aliphatic rings. The van der Waals surface area contributed by atoms with Gasteiger partial charge in [0.25, 0.3) is 5.91 Å². The monoisotopic (exact) mass is 505 g/mol. The summed E-state index contributed by atoms with van der Waals surface area (Å²) in [5.74, 6) is -2.72. The van der Waals surface area contributed by atoms with Crippen LogP contribution in [0.5, 0.6) is 5.75 Å². The Kier molecular flexibility index (Phi) is 5.23. The second-order valence-electron chi connectivity index (χ2n) is 9.63. The van der Waals surface area contributed by atoms with Crippen molar-refractivity contribution in [3.63, 3.8) is 0 Å². The van der Waals surface area contributed by atoms with E-state index < -0.39 is 40.3 Å². The van der Waals surface area contributed by atoms with Crippen molar-refractivity contribution in [1.82, 2.24) is 9.58 Å². The maximum Gasteiger partial charge on any atom is 0.278 e. The average molecular weight is 505 g/mol. The van der Waals surface area contributed by atoms with Gasteiger partial charge in [0.1, 0.15) is 14.0 Å². The van der Waals surface area contributed by atoms with Crippen LogP contribution in [0.4, 0.5) is 8.78 Å². The van der Waals surface area contributed by atoms with Crippen molar-refractivity contribution in [1.29, 1.82) is 0 Å². The fraction of sp³-hybridized carbons (Fsp3) is 0.308. The van der Waals surface area contributed by atoms with Gasteiger partial charge in [0.15, 0.2) is 23.1 Å². The van der Waals surface area contributed by atoms with Gasteiger partial charge < -0.3 is 10.0 Å². The maximum atomic E-state index is 15.2. The fourth-order valence-corrected chi connectivity index (χ4v) is 6.87. The van der Waals surface area contributed by atoms with Crippen molar-refractivity contribution < 1.29 is 18.7 Å². The molecule has 3 atom stereocenters. The second kappa shape index (κ2) is 8.13. The molecule has 2 radical (unpaired) electrons. The lowest BCUT2D eigenvalue weighted by Gasteiger charge is -2.57. The molecule has 0 spiro atoms. The van der Waals surface area contributed by atoms with Crippen LogP contribution in [0.25, 0.3) is 0 Å². The number of rotatable bonds is 1. The van der Waals surface area contributed by atoms with E-state index in [1.807, 2.05) is 31.2 Å². The molecular weight excluding hydrogens is 483 g/mol. The van der Waals surface area contributed by atoms with E-state index in [1.54, 1.807) is 9.91 Å². The number of thioether (sulfide) groups is 1. The predicted molar refractivity (Wildman–Crippen MR) is 133 cm³/mol. The van der Waals surface area contributed by atoms with E-state index in [0.29, 0.717) is 24.1 Å². The molecule has 1 N–H and O–H groups in total. The normalized spacial score (nSPS) is 24.9. The number of piperidine rings is 1. The number of halogens is 2. The summed E-state index contributed by atoms with van der Waals surface area (Å²) in [5.41, 5.74) is -1.30. The van der Waals surface area contributed by atoms with Gasteiger partial charge in [0, 0.05) is 35.0 Å². The SMILES string of the molecule is [B][C@]1(N2[C@@H]3CC[C@@H](C)CN3C(=O)c3c(O)c(=O)ccn32)c2ccccc2SCc2c1ccc(F)c2F. The van der Waals surface area contributed by atoms with Gasteiger partial charge in [-0.3, -0.25) is 19.3 Å². The Morgan fingerprint density at radius 2 is 1.86 bits per heavy atom. The van der Waals surface area contributed by atoms with E-state index in [1.165, 1.54) is 34.8 Å². The van der Waals surface area contributed by atoms with Crippen LogP contribution in [0.2, 0.25) is 0 Å². The predicted octanol–water partition coefficient (Wildman–Crippen LogP) is 3.66. The number of nitrogens with zero attached hydrogens (tertiary/aromatic N) is 3. The summed E-state index contributed by atoms with van der Waals surface area (Å²) in [6.45, 7) is 2.43. The number of pyridine rings is 1. The van der Waals surface area contributed by atoms with Gasteiger partial charge >= 0.3 is 0 Å². The molecule has 0 unspecified atom stereocenters. The van der Waals surface area contributed by atoms with Crippen molar-refractivity contribution >= 4 is 25.5 Å². The first-order valence-corrected chi connectivity index (χ1v) is 12.8. The maximum absolute atomic E-state index is 15.2. The van der Waals surface area contributed by atoms with Gasteiger partial charge in [0.05, 0.1) is 5.44 Å². The van der Waals surface area contributed by atoms with E-state index in [-0.39, 0.29) is 22.9 Å². The highest BCUT2D eigenvalue weighted by atomic mass is 32.2. The minimum atomic E-state index is -1.57. The van der Waals surface area contributed by atoms with Crippen LogP contribution in [0.3, 0.4) is 0 Å². The first kappa shape index (κ1) is 23.2. The van der Waals surface area contributed by atoms with E-state index in [2.05, 4.69) is 0 Å². The number of carbonyl (C=O) groups is 1. The quantitative estimate of drug-likeness (QED) is 0.512. The molecule has 6 rings (SSSR count). The number of amides is 1. The summed E-state index contributed by atoms with van der Waals surface area (Å²) in [6, 6.07) is 11.1. The van der Waals surface area contributed by atoms with Crippen molar-refractivity contribution in [3.05, 3.63) is 92.9 Å². The molecule has 0 bridgehead atoms. The average Bonchev–Trinajstić information content (AvgIpc) is 2.99. The third-order valence-electron chi connectivity index (χ3n) is 7.46. The molecule has 36 heavy (non-hydrogen) atoms. The molecule has 1 fully saturated rings. The first-order chi connectivity index (χ1) is 17.2. The van der Waals surface area contributed by atoms with E-state index in [0.717, 1.165) is 17.4 Å². The summed E-state index contributed by atoms with van der Waals surface area (Å²) in [5, 5.41) is 12.5. The van der Waals surface area contributed by atoms with Gasteiger partial charge in [-0.05, 0) is 42.0 Å². The van der Waals surface area contributed by atoms with Crippen LogP contribution in [0, 0.1) is 17.6 Å². The fourth-order valence-electron chi connectivity index (χ4n) is 5.73. The number of carbonyl (C=O) groups excluding carboxylic acids is 1. The molecule has 1 saturated heterocycles. The molecule has 0 aliphatic carbocycles. The van der Waals surface area contributed by atoms with Crippen molar-refractivity contribution in [3.8, 4) is 5.75 Å². The molecular formula is C26H22BF2N3O3S. The van der Waals surface area contributed by atoms with Crippen LogP contribution in [0.1, 0.15) is 46.9 Å². The largest absolute Gasteiger partial charge is 0.502 e. The van der Waals surface area contributed by atoms with Crippen molar-refractivity contribution in [2.45, 2.75) is 42.0 Å². The standard InChI is InChI=1S/C26H22BF2N3O3S/c1-14-6-9-21-30(12-14)25(35)23-24(34)19(33)10-11-31(23)32(21)26(27)16-7-8-18(28)22(29)15(16)13-36-20-5-3-2-4-17(20)26/h2-5,7-8,10-11,14,21,34H,6,9,12-13H2,1H3/t14-,21-,26-/m1/s1. The summed E-state index contributed by atoms with van der Waals surface area (Å²) < 4.78 is 31.1. The van der Waals surface area contributed by atoms with Gasteiger partial charge in [-0.15, -0.1) is 11.8 Å². The molecule has 3 aromatic rings. The van der Waals surface area contributed by atoms with Crippen LogP contribution in [-0.2, 0) is 11.2 Å². The van der Waals surface area contributed by atoms with E-state index in [9.17, 15) is 19.1 Å². The molecule has 0 saturated carbocycles. The Balaban J connectivity index is 1.72. The van der Waals surface area contributed by atoms with Crippen LogP contribution in [0.15, 0.2) is 58.4 Å². The van der Waals surface area contributed by atoms with Gasteiger partial charge in [-0.1, -0.05) is 31.2 Å². The highest BCUT2D eigenvalue weighted by Crippen LogP contribution is 2.48. The molecule has 10 heteroatoms. The van der Waals surface area contributed by atoms with Crippen molar-refractivity contribution in [2.24, 2.45) is 5.92 Å². The molecule has 1 amide bonds. The summed E-state index contributed by atoms with van der Waals surface area (Å²) in [6.07, 6.45) is 2.24. The second-order valence-corrected chi connectivity index (χ2v) is 10.6. The first-order valence-electron chi connectivity index (χ1n) is 11.8. The summed E-state index contributed by atoms with van der Waals surface area (Å²) in [4.78, 5) is 28.4. The number of hydrogen-bond acceptors (Lipinski definition) is 5. The number of aromatic nitrogens is 1. The van der Waals surface area contributed by atoms with Crippen molar-refractivity contribution in [2.75, 3.05) is 11.6 Å². The minimum absolute atomic E-state index is 0.137. The van der Waals surface area contributed by atoms with Crippen LogP contribution < -0.4 is 10.4 Å². The topological polar surface area (TPSA) is 65.8 Å². The third-order valence-corrected chi connectivity index (χ3v) is 8.56. The van der Waals surface area contributed by atoms with Crippen LogP contribution in [-0.4, -0.2) is 41.1 Å². The smallest absolute Gasteiger partial charge is 0.278 e. The zero-order chi connectivity index (χ0) is 25.4. The van der Waals surface area contributed by atoms with E-state index >= 15 is 4.39 Å². The number of benzene rings is 2. The Labute approximate surface area is 211 Å². The molecule has 1 aromatic heterocycles. The van der Waals surface area contributed by atoms with Crippen LogP contribution >= 0.6 is 11.8 Å². The number of aromatic hydroxyl groups is 1. The third kappa shape index (κ3) is 3.09. The minimum Gasteiger partial charge on any atom is -0.502 e. The molecule has 182 valence electrons. The zero-order valence-electron chi connectivity index (χ0n) is 19.4. The molecule has 3 aliphatic heterocycles. The summed E-state index contributed by atoms with van der Waals surface area (Å²) >= 11 is 1.36. The molecule has 6 nitrogen and oxygen atoms in total. The molecule has 2 aromatic carbocycles. The highest BCUT2D eigenvalue weighted by Gasteiger charge is 2.51. The zero-order valence-corrected chi connectivity index (χ0v) is 20.3.